The molecular weight excluding hydrogens is 396 g/mol. The third-order valence-corrected chi connectivity index (χ3v) is 4.72. The Morgan fingerprint density at radius 3 is 2.53 bits per heavy atom. The van der Waals surface area contributed by atoms with Crippen molar-refractivity contribution in [2.75, 3.05) is 5.32 Å². The van der Waals surface area contributed by atoms with Crippen molar-refractivity contribution in [2.24, 2.45) is 0 Å². The van der Waals surface area contributed by atoms with Crippen LogP contribution in [0.5, 0.6) is 5.75 Å². The fourth-order valence-corrected chi connectivity index (χ4v) is 3.13. The Morgan fingerprint density at radius 1 is 1.10 bits per heavy atom. The summed E-state index contributed by atoms with van der Waals surface area (Å²) in [5.74, 6) is 0.246. The minimum absolute atomic E-state index is 0.0302. The summed E-state index contributed by atoms with van der Waals surface area (Å²) in [6.45, 7) is 4.31. The number of carbonyl (C=O) groups excluding carboxylic acids is 1. The fraction of sp³-hybridized carbons (Fsp3) is 0.120. The van der Waals surface area contributed by atoms with E-state index in [9.17, 15) is 10.1 Å². The fourth-order valence-electron chi connectivity index (χ4n) is 2.91. The third-order valence-electron chi connectivity index (χ3n) is 4.48. The molecule has 4 nitrogen and oxygen atoms in total. The maximum Gasteiger partial charge on any atom is 0.266 e. The lowest BCUT2D eigenvalue weighted by atomic mass is 10.1. The van der Waals surface area contributed by atoms with E-state index in [2.05, 4.69) is 5.32 Å². The predicted octanol–water partition coefficient (Wildman–Crippen LogP) is 6.08. The van der Waals surface area contributed by atoms with Gasteiger partial charge in [-0.25, -0.2) is 0 Å². The van der Waals surface area contributed by atoms with Crippen LogP contribution in [0.25, 0.3) is 6.08 Å². The van der Waals surface area contributed by atoms with Gasteiger partial charge in [0.1, 0.15) is 24.0 Å². The number of nitrogens with one attached hydrogen (secondary N) is 1. The summed E-state index contributed by atoms with van der Waals surface area (Å²) in [6.07, 6.45) is 1.56. The highest BCUT2D eigenvalue weighted by Gasteiger charge is 2.11. The number of hydrogen-bond acceptors (Lipinski definition) is 3. The van der Waals surface area contributed by atoms with Crippen LogP contribution in [0, 0.1) is 25.2 Å². The Balaban J connectivity index is 1.66. The Hall–Kier alpha value is -3.55. The van der Waals surface area contributed by atoms with E-state index < -0.39 is 5.91 Å². The molecule has 0 aromatic heterocycles. The Bertz CT molecular complexity index is 1130. The van der Waals surface area contributed by atoms with Gasteiger partial charge in [0, 0.05) is 10.7 Å². The molecule has 1 N–H and O–H groups in total. The minimum Gasteiger partial charge on any atom is -0.489 e. The van der Waals surface area contributed by atoms with Gasteiger partial charge in [-0.2, -0.15) is 5.26 Å². The van der Waals surface area contributed by atoms with Crippen molar-refractivity contribution >= 4 is 29.3 Å². The summed E-state index contributed by atoms with van der Waals surface area (Å²) >= 11 is 5.98. The van der Waals surface area contributed by atoms with E-state index in [4.69, 9.17) is 16.3 Å². The van der Waals surface area contributed by atoms with Crippen molar-refractivity contribution < 1.29 is 9.53 Å². The second-order valence-electron chi connectivity index (χ2n) is 6.93. The van der Waals surface area contributed by atoms with Crippen LogP contribution in [0.3, 0.4) is 0 Å². The first-order valence-corrected chi connectivity index (χ1v) is 9.80. The van der Waals surface area contributed by atoms with Crippen LogP contribution in [0.4, 0.5) is 5.69 Å². The van der Waals surface area contributed by atoms with Crippen LogP contribution in [-0.4, -0.2) is 5.91 Å². The summed E-state index contributed by atoms with van der Waals surface area (Å²) < 4.78 is 5.76. The number of carbonyl (C=O) groups is 1. The molecule has 0 saturated carbocycles. The molecule has 3 aromatic carbocycles. The molecule has 30 heavy (non-hydrogen) atoms. The van der Waals surface area contributed by atoms with Gasteiger partial charge in [0.2, 0.25) is 0 Å². The van der Waals surface area contributed by atoms with Gasteiger partial charge in [-0.3, -0.25) is 4.79 Å². The number of nitriles is 1. The van der Waals surface area contributed by atoms with Crippen LogP contribution in [0.2, 0.25) is 5.02 Å². The molecule has 3 rings (SSSR count). The second kappa shape index (κ2) is 9.78. The molecule has 0 aliphatic rings. The zero-order valence-electron chi connectivity index (χ0n) is 16.8. The van der Waals surface area contributed by atoms with Crippen LogP contribution < -0.4 is 10.1 Å². The lowest BCUT2D eigenvalue weighted by Crippen LogP contribution is -2.14. The zero-order chi connectivity index (χ0) is 21.5. The van der Waals surface area contributed by atoms with E-state index in [0.717, 1.165) is 22.3 Å². The van der Waals surface area contributed by atoms with E-state index >= 15 is 0 Å². The molecule has 0 fully saturated rings. The standard InChI is InChI=1S/C25H21ClN2O2/c1-17-6-11-24(18(2)12-17)28-25(29)21(15-27)13-19-7-9-23(10-8-19)30-16-20-4-3-5-22(26)14-20/h3-14H,16H2,1-2H3,(H,28,29)/b21-13+. The van der Waals surface area contributed by atoms with Crippen LogP contribution in [0.1, 0.15) is 22.3 Å². The average molecular weight is 417 g/mol. The maximum atomic E-state index is 12.5. The highest BCUT2D eigenvalue weighted by molar-refractivity contribution is 6.30. The molecule has 0 radical (unpaired) electrons. The van der Waals surface area contributed by atoms with Gasteiger partial charge in [0.15, 0.2) is 0 Å². The number of hydrogen-bond donors (Lipinski definition) is 1. The molecule has 3 aromatic rings. The van der Waals surface area contributed by atoms with E-state index in [1.165, 1.54) is 0 Å². The number of aryl methyl sites for hydroxylation is 2. The van der Waals surface area contributed by atoms with Gasteiger partial charge in [0.05, 0.1) is 0 Å². The van der Waals surface area contributed by atoms with E-state index in [0.29, 0.717) is 23.1 Å². The lowest BCUT2D eigenvalue weighted by molar-refractivity contribution is -0.112. The Labute approximate surface area is 181 Å². The summed E-state index contributed by atoms with van der Waals surface area (Å²) in [5, 5.41) is 12.9. The molecule has 5 heteroatoms. The maximum absolute atomic E-state index is 12.5. The molecule has 0 atom stereocenters. The number of anilines is 1. The SMILES string of the molecule is Cc1ccc(NC(=O)/C(C#N)=C/c2ccc(OCc3cccc(Cl)c3)cc2)c(C)c1. The largest absolute Gasteiger partial charge is 0.489 e. The monoisotopic (exact) mass is 416 g/mol. The van der Waals surface area contributed by atoms with E-state index in [-0.39, 0.29) is 5.57 Å². The first kappa shape index (κ1) is 21.2. The number of nitrogens with zero attached hydrogens (tertiary/aromatic N) is 1. The van der Waals surface area contributed by atoms with Crippen molar-refractivity contribution in [3.8, 4) is 11.8 Å². The van der Waals surface area contributed by atoms with Gasteiger partial charge in [-0.15, -0.1) is 0 Å². The molecule has 1 amide bonds. The third kappa shape index (κ3) is 5.73. The highest BCUT2D eigenvalue weighted by Crippen LogP contribution is 2.19. The molecule has 0 saturated heterocycles. The van der Waals surface area contributed by atoms with Gasteiger partial charge in [-0.1, -0.05) is 53.6 Å². The highest BCUT2D eigenvalue weighted by atomic mass is 35.5. The van der Waals surface area contributed by atoms with Crippen molar-refractivity contribution in [3.63, 3.8) is 0 Å². The summed E-state index contributed by atoms with van der Waals surface area (Å²) in [6, 6.07) is 22.4. The normalized spacial score (nSPS) is 10.9. The first-order chi connectivity index (χ1) is 14.4. The number of halogens is 1. The zero-order valence-corrected chi connectivity index (χ0v) is 17.5. The minimum atomic E-state index is -0.439. The summed E-state index contributed by atoms with van der Waals surface area (Å²) in [4.78, 5) is 12.5. The van der Waals surface area contributed by atoms with Crippen LogP contribution in [-0.2, 0) is 11.4 Å². The van der Waals surface area contributed by atoms with Gasteiger partial charge >= 0.3 is 0 Å². The summed E-state index contributed by atoms with van der Waals surface area (Å²) in [5.41, 5.74) is 4.49. The molecule has 0 unspecified atom stereocenters. The van der Waals surface area contributed by atoms with Gasteiger partial charge < -0.3 is 10.1 Å². The van der Waals surface area contributed by atoms with Crippen molar-refractivity contribution in [1.82, 2.24) is 0 Å². The van der Waals surface area contributed by atoms with Crippen molar-refractivity contribution in [2.45, 2.75) is 20.5 Å². The number of amides is 1. The lowest BCUT2D eigenvalue weighted by Gasteiger charge is -2.09. The quantitative estimate of drug-likeness (QED) is 0.391. The van der Waals surface area contributed by atoms with Crippen molar-refractivity contribution in [3.05, 3.63) is 99.6 Å². The second-order valence-corrected chi connectivity index (χ2v) is 7.37. The van der Waals surface area contributed by atoms with Crippen LogP contribution >= 0.6 is 11.6 Å². The molecule has 0 aliphatic heterocycles. The summed E-state index contributed by atoms with van der Waals surface area (Å²) in [7, 11) is 0. The van der Waals surface area contributed by atoms with E-state index in [1.807, 2.05) is 62.4 Å². The molecule has 0 heterocycles. The molecule has 0 bridgehead atoms. The average Bonchev–Trinajstić information content (AvgIpc) is 2.73. The van der Waals surface area contributed by atoms with Gasteiger partial charge in [-0.05, 0) is 66.9 Å². The molecule has 0 aliphatic carbocycles. The Morgan fingerprint density at radius 2 is 1.87 bits per heavy atom. The number of rotatable bonds is 6. The number of ether oxygens (including phenoxy) is 1. The molecule has 0 spiro atoms. The number of benzene rings is 3. The Kier molecular flexibility index (Phi) is 6.90. The van der Waals surface area contributed by atoms with Crippen LogP contribution in [0.15, 0.2) is 72.3 Å². The molecular formula is C25H21ClN2O2. The van der Waals surface area contributed by atoms with Gasteiger partial charge in [0.25, 0.3) is 5.91 Å². The predicted molar refractivity (Wildman–Crippen MR) is 120 cm³/mol. The topological polar surface area (TPSA) is 62.1 Å². The first-order valence-electron chi connectivity index (χ1n) is 9.42. The molecule has 150 valence electrons. The van der Waals surface area contributed by atoms with Crippen molar-refractivity contribution in [1.29, 1.82) is 5.26 Å². The smallest absolute Gasteiger partial charge is 0.266 e. The van der Waals surface area contributed by atoms with E-state index in [1.54, 1.807) is 30.3 Å².